The maximum atomic E-state index is 14.6. The van der Waals surface area contributed by atoms with Crippen LogP contribution in [-0.4, -0.2) is 264 Å². The van der Waals surface area contributed by atoms with Crippen molar-refractivity contribution in [1.29, 1.82) is 0 Å². The Kier molecular flexibility index (Phi) is 43.9. The highest BCUT2D eigenvalue weighted by atomic mass is 33.1. The van der Waals surface area contributed by atoms with Crippen LogP contribution < -0.4 is 120 Å². The minimum atomic E-state index is -1.95. The number of nitrogens with zero attached hydrogens (tertiary/aromatic N) is 3. The van der Waals surface area contributed by atoms with Gasteiger partial charge in [-0.2, -0.15) is 0 Å². The van der Waals surface area contributed by atoms with Gasteiger partial charge in [-0.25, -0.2) is 0 Å². The van der Waals surface area contributed by atoms with Crippen molar-refractivity contribution in [1.82, 2.24) is 74.4 Å². The first-order valence-corrected chi connectivity index (χ1v) is 37.5. The number of benzene rings is 1. The van der Waals surface area contributed by atoms with E-state index in [2.05, 4.69) is 89.4 Å². The summed E-state index contributed by atoms with van der Waals surface area (Å²) in [5.74, 6) is -20.5. The molecule has 1 saturated heterocycles. The van der Waals surface area contributed by atoms with Gasteiger partial charge in [0.15, 0.2) is 17.9 Å². The zero-order valence-corrected chi connectivity index (χ0v) is 63.4. The molecule has 1 aromatic carbocycles. The Morgan fingerprint density at radius 3 is 1.52 bits per heavy atom. The van der Waals surface area contributed by atoms with Crippen LogP contribution in [0.2, 0.25) is 0 Å². The number of hydrogen-bond acceptors (Lipinski definition) is 24. The first-order valence-electron chi connectivity index (χ1n) is 35.0. The summed E-state index contributed by atoms with van der Waals surface area (Å²) in [5.41, 5.74) is 44.8. The Balaban J connectivity index is 2.78. The lowest BCUT2D eigenvalue weighted by Gasteiger charge is -2.29. The number of nitrogens with one attached hydrogen (secondary N) is 14. The summed E-state index contributed by atoms with van der Waals surface area (Å²) in [6.45, 7) is 2.88. The van der Waals surface area contributed by atoms with Crippen molar-refractivity contribution in [2.45, 2.75) is 171 Å². The number of carbonyl (C=O) groups is 16. The van der Waals surface area contributed by atoms with Crippen LogP contribution in [0, 0.1) is 11.8 Å². The quantitative estimate of drug-likeness (QED) is 0.0153. The Morgan fingerprint density at radius 2 is 0.982 bits per heavy atom. The van der Waals surface area contributed by atoms with Crippen LogP contribution >= 0.6 is 21.6 Å². The molecule has 0 aliphatic carbocycles. The molecule has 110 heavy (non-hydrogen) atoms. The Labute approximate surface area is 641 Å². The average molecular weight is 1590 g/mol. The first kappa shape index (κ1) is 95.2. The van der Waals surface area contributed by atoms with E-state index in [0.29, 0.717) is 5.56 Å². The molecule has 44 nitrogen and oxygen atoms in total. The fraction of sp³-hybridized carbons (Fsp3) is 0.609. The predicted octanol–water partition coefficient (Wildman–Crippen LogP) is -11.1. The van der Waals surface area contributed by atoms with Crippen LogP contribution in [0.5, 0.6) is 0 Å². The molecule has 33 N–H and O–H groups in total. The molecule has 46 heteroatoms. The fourth-order valence-corrected chi connectivity index (χ4v) is 12.2. The molecule has 1 fully saturated rings. The number of nitrogens with two attached hydrogens (primary N) is 8. The second-order valence-corrected chi connectivity index (χ2v) is 27.9. The van der Waals surface area contributed by atoms with Crippen LogP contribution in [0.3, 0.4) is 0 Å². The van der Waals surface area contributed by atoms with E-state index < -0.39 is 224 Å². The van der Waals surface area contributed by atoms with E-state index in [-0.39, 0.29) is 101 Å². The topological polar surface area (TPSA) is 747 Å². The third kappa shape index (κ3) is 36.8. The summed E-state index contributed by atoms with van der Waals surface area (Å²) in [4.78, 5) is 231. The number of hydrogen-bond donors (Lipinski definition) is 25. The molecule has 2 rings (SSSR count). The van der Waals surface area contributed by atoms with E-state index in [1.54, 1.807) is 51.1 Å². The fourth-order valence-electron chi connectivity index (χ4n) is 9.89. The number of aliphatic carboxylic acids is 1. The maximum Gasteiger partial charge on any atom is 0.305 e. The number of rotatable bonds is 29. The minimum absolute atomic E-state index is 0.00703. The molecule has 1 aliphatic rings. The van der Waals surface area contributed by atoms with E-state index in [1.165, 1.54) is 13.8 Å². The number of aliphatic imine (C=N–C) groups is 3. The number of primary amides is 1. The highest BCUT2D eigenvalue weighted by Crippen LogP contribution is 2.24. The van der Waals surface area contributed by atoms with Crippen LogP contribution in [0.15, 0.2) is 45.3 Å². The summed E-state index contributed by atoms with van der Waals surface area (Å²) in [6, 6.07) is -11.2. The SMILES string of the molecule is CC[C@H](C)[C@@H]1NC(=O)[C@H](CCCN=C(N)N)NC(=O)[C@H](CC(=O)O)NC(=O)[C@H]([C@@H](C)CC)NC(=O)[C@H](CCCN=C(N)N)NC(=O)CNC(=O)CNC(=O)[C@H](Cc2ccccc2)NC(=O)[C@@H](NC(=O)[C@H](CO)NC(=O)[C@H](CO)NC(=O)[C@@H](N)CCCN=C(N)N)CSSC[C@@H](C(N)=O)NC(=O)[C@H](C)NC(=O)CNC1=O. The standard InChI is InChI=1S/C64H107N25O19S2/c1-6-31(3)48-60(107)78-26-45(93)79-33(5)51(98)86-42(50(66)97)29-109-110-30-43(87-58(105)41(28-91)85-57(104)40(27-90)84-52(99)35(65)16-11-19-73-62(67)68)59(106)82-38(22-34-14-9-8-10-15-34)53(100)77-24-44(92)76-25-46(94)80-36(17-12-20-74-63(69)70)54(101)89-49(32(4)7-2)61(108)83-39(23-47(95)96)56(103)81-37(55(102)88-48)18-13-21-75-64(71)72/h8-10,14-15,31-33,35-43,48-49,90-91H,6-7,11-13,16-30,65H2,1-5H3,(H2,66,97)(H,76,92)(H,77,100)(H,78,107)(H,79,93)(H,80,94)(H,81,103)(H,82,106)(H,83,108)(H,84,99)(H,85,104)(H,86,98)(H,87,105)(H,88,102)(H,89,101)(H,95,96)(H4,67,68,73)(H4,69,70,74)(H4,71,72,75)/t31-,32-,33-,35-,36-,37-,38-,39-,40-,41-,42-,43-,48-,49-/m0/s1. The number of carboxylic acids is 1. The molecule has 1 aliphatic heterocycles. The van der Waals surface area contributed by atoms with Gasteiger partial charge in [0.2, 0.25) is 88.6 Å². The molecule has 0 bridgehead atoms. The van der Waals surface area contributed by atoms with Crippen LogP contribution in [0.25, 0.3) is 0 Å². The van der Waals surface area contributed by atoms with Gasteiger partial charge in [-0.3, -0.25) is 91.7 Å². The zero-order valence-electron chi connectivity index (χ0n) is 61.8. The van der Waals surface area contributed by atoms with Gasteiger partial charge in [-0.1, -0.05) is 92.5 Å². The second kappa shape index (κ2) is 50.7. The Morgan fingerprint density at radius 1 is 0.518 bits per heavy atom. The lowest BCUT2D eigenvalue weighted by Crippen LogP contribution is -2.61. The van der Waals surface area contributed by atoms with Crippen LogP contribution in [0.1, 0.15) is 98.0 Å². The molecule has 0 unspecified atom stereocenters. The van der Waals surface area contributed by atoms with Gasteiger partial charge in [0.25, 0.3) is 0 Å². The number of aliphatic hydroxyl groups excluding tert-OH is 2. The number of guanidine groups is 3. The summed E-state index contributed by atoms with van der Waals surface area (Å²) < 4.78 is 0. The molecular formula is C64H107N25O19S2. The number of aliphatic hydroxyl groups is 2. The molecule has 0 radical (unpaired) electrons. The second-order valence-electron chi connectivity index (χ2n) is 25.4. The summed E-state index contributed by atoms with van der Waals surface area (Å²) in [7, 11) is 1.60. The first-order chi connectivity index (χ1) is 51.9. The number of amides is 15. The van der Waals surface area contributed by atoms with E-state index >= 15 is 0 Å². The van der Waals surface area contributed by atoms with E-state index in [4.69, 9.17) is 45.9 Å². The van der Waals surface area contributed by atoms with Gasteiger partial charge < -0.3 is 136 Å². The van der Waals surface area contributed by atoms with Crippen molar-refractivity contribution < 1.29 is 92.0 Å². The highest BCUT2D eigenvalue weighted by Gasteiger charge is 2.38. The van der Waals surface area contributed by atoms with E-state index in [0.717, 1.165) is 21.6 Å². The third-order valence-electron chi connectivity index (χ3n) is 16.5. The van der Waals surface area contributed by atoms with Crippen molar-refractivity contribution in [2.24, 2.45) is 72.7 Å². The zero-order chi connectivity index (χ0) is 82.7. The van der Waals surface area contributed by atoms with Crippen molar-refractivity contribution in [3.05, 3.63) is 35.9 Å². The van der Waals surface area contributed by atoms with Crippen LogP contribution in [0.4, 0.5) is 0 Å². The minimum Gasteiger partial charge on any atom is -0.481 e. The lowest BCUT2D eigenvalue weighted by molar-refractivity contribution is -0.142. The molecule has 15 amide bonds. The van der Waals surface area contributed by atoms with Crippen molar-refractivity contribution in [3.63, 3.8) is 0 Å². The molecular weight excluding hydrogens is 1490 g/mol. The molecule has 1 heterocycles. The highest BCUT2D eigenvalue weighted by molar-refractivity contribution is 8.76. The number of carboxylic acid groups (broad SMARTS) is 1. The molecule has 14 atom stereocenters. The van der Waals surface area contributed by atoms with Gasteiger partial charge in [-0.05, 0) is 62.8 Å². The smallest absolute Gasteiger partial charge is 0.305 e. The summed E-state index contributed by atoms with van der Waals surface area (Å²) >= 11 is 0. The molecule has 0 aromatic heterocycles. The normalized spacial score (nSPS) is 22.6. The van der Waals surface area contributed by atoms with Gasteiger partial charge in [0, 0.05) is 37.6 Å². The van der Waals surface area contributed by atoms with Gasteiger partial charge in [0.05, 0.1) is 45.3 Å². The Hall–Kier alpha value is -10.9. The number of carbonyl (C=O) groups excluding carboxylic acids is 15. The van der Waals surface area contributed by atoms with E-state index in [9.17, 15) is 92.0 Å². The molecule has 614 valence electrons. The summed E-state index contributed by atoms with van der Waals surface area (Å²) in [5, 5.41) is 64.0. The van der Waals surface area contributed by atoms with Crippen molar-refractivity contribution >= 4 is 134 Å². The van der Waals surface area contributed by atoms with Gasteiger partial charge >= 0.3 is 5.97 Å². The molecule has 0 spiro atoms. The van der Waals surface area contributed by atoms with Crippen molar-refractivity contribution in [2.75, 3.05) is 64.0 Å². The van der Waals surface area contributed by atoms with E-state index in [1.807, 2.05) is 0 Å². The average Bonchev–Trinajstić information content (AvgIpc) is 0.847. The van der Waals surface area contributed by atoms with Crippen molar-refractivity contribution in [3.8, 4) is 0 Å². The van der Waals surface area contributed by atoms with Crippen LogP contribution in [-0.2, 0) is 83.1 Å². The largest absolute Gasteiger partial charge is 0.481 e. The molecule has 1 aromatic rings. The molecule has 0 saturated carbocycles. The van der Waals surface area contributed by atoms with Gasteiger partial charge in [-0.15, -0.1) is 0 Å². The maximum absolute atomic E-state index is 14.6. The summed E-state index contributed by atoms with van der Waals surface area (Å²) in [6.07, 6.45) is -1.14. The predicted molar refractivity (Wildman–Crippen MR) is 403 cm³/mol. The monoisotopic (exact) mass is 1590 g/mol. The van der Waals surface area contributed by atoms with Gasteiger partial charge in [0.1, 0.15) is 66.5 Å². The lowest BCUT2D eigenvalue weighted by atomic mass is 9.96. The third-order valence-corrected chi connectivity index (χ3v) is 19.0. The Bertz CT molecular complexity index is 3400.